The number of halogens is 3. The lowest BCUT2D eigenvalue weighted by molar-refractivity contribution is -0.143. The van der Waals surface area contributed by atoms with E-state index in [2.05, 4.69) is 0 Å². The normalized spacial score (nSPS) is 18.5. The van der Waals surface area contributed by atoms with Gasteiger partial charge >= 0.3 is 12.1 Å². The molecule has 0 aromatic rings. The second-order valence-corrected chi connectivity index (χ2v) is 5.60. The minimum absolute atomic E-state index is 0.101. The van der Waals surface area contributed by atoms with Crippen LogP contribution in [0.1, 0.15) is 38.5 Å². The lowest BCUT2D eigenvalue weighted by atomic mass is 9.78. The van der Waals surface area contributed by atoms with Gasteiger partial charge in [-0.05, 0) is 19.9 Å². The van der Waals surface area contributed by atoms with Crippen molar-refractivity contribution in [1.29, 1.82) is 0 Å². The van der Waals surface area contributed by atoms with Crippen LogP contribution in [-0.4, -0.2) is 53.7 Å². The number of hydrogen-bond donors (Lipinski definition) is 2. The largest absolute Gasteiger partial charge is 0.481 e. The van der Waals surface area contributed by atoms with E-state index in [0.717, 1.165) is 19.3 Å². The molecule has 0 aromatic carbocycles. The number of alkyl halides is 3. The van der Waals surface area contributed by atoms with E-state index in [1.165, 1.54) is 0 Å². The molecule has 0 heterocycles. The van der Waals surface area contributed by atoms with Gasteiger partial charge in [0.2, 0.25) is 5.91 Å². The number of nitrogens with zero attached hydrogens (tertiary/aromatic N) is 1. The van der Waals surface area contributed by atoms with Gasteiger partial charge in [-0.3, -0.25) is 14.5 Å². The third-order valence-electron chi connectivity index (χ3n) is 3.94. The zero-order valence-electron chi connectivity index (χ0n) is 12.0. The van der Waals surface area contributed by atoms with Gasteiger partial charge in [-0.15, -0.1) is 0 Å². The predicted molar refractivity (Wildman–Crippen MR) is 69.8 cm³/mol. The number of amides is 1. The highest BCUT2D eigenvalue weighted by molar-refractivity contribution is 5.78. The first-order valence-corrected chi connectivity index (χ1v) is 6.91. The van der Waals surface area contributed by atoms with E-state index in [4.69, 9.17) is 5.11 Å². The molecule has 0 spiro atoms. The maximum atomic E-state index is 12.0. The molecule has 21 heavy (non-hydrogen) atoms. The lowest BCUT2D eigenvalue weighted by Gasteiger charge is -2.43. The molecule has 1 amide bonds. The monoisotopic (exact) mass is 310 g/mol. The molecule has 1 fully saturated rings. The number of rotatable bonds is 6. The molecule has 0 saturated heterocycles. The standard InChI is InChI=1S/C13H21F3N2O3/c1-18(8-10(19)17-9-13(14,15)16)12(7-11(20)21)5-3-2-4-6-12/h2-9H2,1H3,(H,17,19)(H,20,21). The van der Waals surface area contributed by atoms with Crippen molar-refractivity contribution in [2.75, 3.05) is 20.1 Å². The Kier molecular flexibility index (Phi) is 6.00. The number of aliphatic carboxylic acids is 1. The molecule has 0 radical (unpaired) electrons. The van der Waals surface area contributed by atoms with Crippen LogP contribution in [0.25, 0.3) is 0 Å². The molecule has 0 aliphatic heterocycles. The van der Waals surface area contributed by atoms with Crippen LogP contribution in [0.2, 0.25) is 0 Å². The number of carboxylic acid groups (broad SMARTS) is 1. The predicted octanol–water partition coefficient (Wildman–Crippen LogP) is 1.77. The van der Waals surface area contributed by atoms with Gasteiger partial charge in [0.15, 0.2) is 0 Å². The summed E-state index contributed by atoms with van der Waals surface area (Å²) in [7, 11) is 1.60. The highest BCUT2D eigenvalue weighted by Crippen LogP contribution is 2.35. The van der Waals surface area contributed by atoms with Crippen LogP contribution in [-0.2, 0) is 9.59 Å². The van der Waals surface area contributed by atoms with Crippen LogP contribution >= 0.6 is 0 Å². The molecular weight excluding hydrogens is 289 g/mol. The molecule has 0 bridgehead atoms. The maximum Gasteiger partial charge on any atom is 0.405 e. The number of hydrogen-bond acceptors (Lipinski definition) is 3. The third-order valence-corrected chi connectivity index (χ3v) is 3.94. The summed E-state index contributed by atoms with van der Waals surface area (Å²) in [6.45, 7) is -1.60. The van der Waals surface area contributed by atoms with E-state index >= 15 is 0 Å². The molecule has 0 unspecified atom stereocenters. The topological polar surface area (TPSA) is 69.6 Å². The second kappa shape index (κ2) is 7.11. The highest BCUT2D eigenvalue weighted by Gasteiger charge is 2.39. The van der Waals surface area contributed by atoms with Gasteiger partial charge in [0.05, 0.1) is 13.0 Å². The Morgan fingerprint density at radius 3 is 2.29 bits per heavy atom. The Balaban J connectivity index is 2.62. The van der Waals surface area contributed by atoms with Gasteiger partial charge in [0.1, 0.15) is 6.54 Å². The average Bonchev–Trinajstić information content (AvgIpc) is 2.36. The van der Waals surface area contributed by atoms with Gasteiger partial charge in [0.25, 0.3) is 0 Å². The average molecular weight is 310 g/mol. The first-order chi connectivity index (χ1) is 9.65. The number of carbonyl (C=O) groups is 2. The molecule has 1 aliphatic carbocycles. The van der Waals surface area contributed by atoms with Gasteiger partial charge < -0.3 is 10.4 Å². The molecule has 122 valence electrons. The number of carboxylic acids is 1. The molecule has 1 rings (SSSR count). The van der Waals surface area contributed by atoms with Crippen molar-refractivity contribution in [2.24, 2.45) is 0 Å². The molecule has 1 aliphatic rings. The van der Waals surface area contributed by atoms with Gasteiger partial charge in [-0.2, -0.15) is 13.2 Å². The maximum absolute atomic E-state index is 12.0. The summed E-state index contributed by atoms with van der Waals surface area (Å²) < 4.78 is 36.1. The molecule has 0 aromatic heterocycles. The van der Waals surface area contributed by atoms with E-state index < -0.39 is 30.1 Å². The lowest BCUT2D eigenvalue weighted by Crippen LogP contribution is -2.53. The van der Waals surface area contributed by atoms with Crippen LogP contribution in [0.15, 0.2) is 0 Å². The van der Waals surface area contributed by atoms with E-state index in [1.807, 2.05) is 5.32 Å². The van der Waals surface area contributed by atoms with Crippen LogP contribution in [0.5, 0.6) is 0 Å². The molecule has 5 nitrogen and oxygen atoms in total. The summed E-state index contributed by atoms with van der Waals surface area (Å²) in [5, 5.41) is 10.9. The van der Waals surface area contributed by atoms with Crippen molar-refractivity contribution in [3.05, 3.63) is 0 Å². The Bertz CT molecular complexity index is 379. The quantitative estimate of drug-likeness (QED) is 0.784. The first-order valence-electron chi connectivity index (χ1n) is 6.91. The van der Waals surface area contributed by atoms with Crippen LogP contribution in [0, 0.1) is 0 Å². The molecular formula is C13H21F3N2O3. The van der Waals surface area contributed by atoms with E-state index in [0.29, 0.717) is 12.8 Å². The zero-order chi connectivity index (χ0) is 16.1. The minimum Gasteiger partial charge on any atom is -0.481 e. The Labute approximate surface area is 121 Å². The van der Waals surface area contributed by atoms with Gasteiger partial charge in [-0.1, -0.05) is 19.3 Å². The Morgan fingerprint density at radius 2 is 1.81 bits per heavy atom. The Hall–Kier alpha value is -1.31. The Morgan fingerprint density at radius 1 is 1.24 bits per heavy atom. The van der Waals surface area contributed by atoms with Crippen molar-refractivity contribution in [1.82, 2.24) is 10.2 Å². The third kappa shape index (κ3) is 5.91. The van der Waals surface area contributed by atoms with Crippen molar-refractivity contribution >= 4 is 11.9 Å². The fourth-order valence-electron chi connectivity index (χ4n) is 2.82. The molecule has 2 N–H and O–H groups in total. The number of carbonyl (C=O) groups excluding carboxylic acids is 1. The van der Waals surface area contributed by atoms with Crippen LogP contribution in [0.4, 0.5) is 13.2 Å². The summed E-state index contributed by atoms with van der Waals surface area (Å²) in [6, 6.07) is 0. The smallest absolute Gasteiger partial charge is 0.405 e. The molecule has 8 heteroatoms. The van der Waals surface area contributed by atoms with E-state index in [9.17, 15) is 22.8 Å². The fraction of sp³-hybridized carbons (Fsp3) is 0.846. The summed E-state index contributed by atoms with van der Waals surface area (Å²) in [4.78, 5) is 24.2. The van der Waals surface area contributed by atoms with Crippen molar-refractivity contribution in [2.45, 2.75) is 50.2 Å². The first kappa shape index (κ1) is 17.7. The SMILES string of the molecule is CN(CC(=O)NCC(F)(F)F)C1(CC(=O)O)CCCCC1. The summed E-state index contributed by atoms with van der Waals surface area (Å²) in [5.41, 5.74) is -0.639. The van der Waals surface area contributed by atoms with Crippen LogP contribution < -0.4 is 5.32 Å². The number of nitrogens with one attached hydrogen (secondary N) is 1. The van der Waals surface area contributed by atoms with Crippen molar-refractivity contribution in [3.63, 3.8) is 0 Å². The van der Waals surface area contributed by atoms with Gasteiger partial charge in [0, 0.05) is 5.54 Å². The summed E-state index contributed by atoms with van der Waals surface area (Å²) >= 11 is 0. The number of likely N-dealkylation sites (N-methyl/N-ethyl adjacent to an activating group) is 1. The van der Waals surface area contributed by atoms with Crippen molar-refractivity contribution < 1.29 is 27.9 Å². The molecule has 0 atom stereocenters. The van der Waals surface area contributed by atoms with Gasteiger partial charge in [-0.25, -0.2) is 0 Å². The second-order valence-electron chi connectivity index (χ2n) is 5.60. The molecule has 1 saturated carbocycles. The summed E-state index contributed by atoms with van der Waals surface area (Å²) in [5.74, 6) is -1.70. The van der Waals surface area contributed by atoms with E-state index in [-0.39, 0.29) is 13.0 Å². The van der Waals surface area contributed by atoms with E-state index in [1.54, 1.807) is 11.9 Å². The zero-order valence-corrected chi connectivity index (χ0v) is 12.0. The summed E-state index contributed by atoms with van der Waals surface area (Å²) in [6.07, 6.45) is -0.530. The van der Waals surface area contributed by atoms with Crippen LogP contribution in [0.3, 0.4) is 0 Å². The highest BCUT2D eigenvalue weighted by atomic mass is 19.4. The van der Waals surface area contributed by atoms with Crippen molar-refractivity contribution in [3.8, 4) is 0 Å². The minimum atomic E-state index is -4.45. The fourth-order valence-corrected chi connectivity index (χ4v) is 2.82.